The maximum atomic E-state index is 6.75. The maximum Gasteiger partial charge on any atom is 0.124 e. The SMILES string of the molecule is COc1ccc(Cl)cc1C1(N)CCCC(CC(C)C)C1. The summed E-state index contributed by atoms with van der Waals surface area (Å²) in [6.07, 6.45) is 5.77. The Morgan fingerprint density at radius 1 is 1.45 bits per heavy atom. The monoisotopic (exact) mass is 295 g/mol. The van der Waals surface area contributed by atoms with Crippen LogP contribution in [-0.2, 0) is 5.54 Å². The molecule has 0 heterocycles. The van der Waals surface area contributed by atoms with E-state index < -0.39 is 0 Å². The normalized spacial score (nSPS) is 26.8. The molecular formula is C17H26ClNO. The second-order valence-electron chi connectivity index (χ2n) is 6.59. The van der Waals surface area contributed by atoms with E-state index in [1.54, 1.807) is 7.11 Å². The number of hydrogen-bond acceptors (Lipinski definition) is 2. The predicted octanol–water partition coefficient (Wildman–Crippen LogP) is 4.74. The van der Waals surface area contributed by atoms with Gasteiger partial charge in [-0.1, -0.05) is 38.3 Å². The molecule has 2 atom stereocenters. The van der Waals surface area contributed by atoms with E-state index in [9.17, 15) is 0 Å². The minimum absolute atomic E-state index is 0.298. The van der Waals surface area contributed by atoms with Gasteiger partial charge in [-0.05, 0) is 49.3 Å². The van der Waals surface area contributed by atoms with Crippen LogP contribution in [0.1, 0.15) is 51.5 Å². The van der Waals surface area contributed by atoms with Crippen molar-refractivity contribution in [2.24, 2.45) is 17.6 Å². The van der Waals surface area contributed by atoms with Crippen molar-refractivity contribution in [3.05, 3.63) is 28.8 Å². The van der Waals surface area contributed by atoms with Crippen LogP contribution in [0.5, 0.6) is 5.75 Å². The van der Waals surface area contributed by atoms with Crippen molar-refractivity contribution >= 4 is 11.6 Å². The third-order valence-corrected chi connectivity index (χ3v) is 4.63. The minimum atomic E-state index is -0.298. The molecule has 2 nitrogen and oxygen atoms in total. The molecule has 2 N–H and O–H groups in total. The Morgan fingerprint density at radius 3 is 2.85 bits per heavy atom. The van der Waals surface area contributed by atoms with Gasteiger partial charge >= 0.3 is 0 Å². The molecule has 2 rings (SSSR count). The first-order valence-corrected chi connectivity index (χ1v) is 7.95. The molecule has 0 aromatic heterocycles. The highest BCUT2D eigenvalue weighted by Gasteiger charge is 2.36. The molecule has 20 heavy (non-hydrogen) atoms. The van der Waals surface area contributed by atoms with Gasteiger partial charge in [0.05, 0.1) is 7.11 Å². The summed E-state index contributed by atoms with van der Waals surface area (Å²) in [6.45, 7) is 4.57. The molecule has 0 spiro atoms. The summed E-state index contributed by atoms with van der Waals surface area (Å²) in [5.41, 5.74) is 7.53. The lowest BCUT2D eigenvalue weighted by Crippen LogP contribution is -2.42. The van der Waals surface area contributed by atoms with E-state index in [4.69, 9.17) is 22.1 Å². The Kier molecular flexibility index (Phi) is 4.98. The molecule has 1 saturated carbocycles. The number of benzene rings is 1. The van der Waals surface area contributed by atoms with Crippen molar-refractivity contribution in [1.29, 1.82) is 0 Å². The smallest absolute Gasteiger partial charge is 0.124 e. The molecule has 0 aliphatic heterocycles. The zero-order valence-corrected chi connectivity index (χ0v) is 13.5. The molecule has 0 amide bonds. The third kappa shape index (κ3) is 3.48. The van der Waals surface area contributed by atoms with Gasteiger partial charge in [0.15, 0.2) is 0 Å². The van der Waals surface area contributed by atoms with Gasteiger partial charge in [-0.3, -0.25) is 0 Å². The summed E-state index contributed by atoms with van der Waals surface area (Å²) in [4.78, 5) is 0. The maximum absolute atomic E-state index is 6.75. The highest BCUT2D eigenvalue weighted by Crippen LogP contribution is 2.43. The third-order valence-electron chi connectivity index (χ3n) is 4.39. The Morgan fingerprint density at radius 2 is 2.20 bits per heavy atom. The minimum Gasteiger partial charge on any atom is -0.496 e. The Bertz CT molecular complexity index is 460. The van der Waals surface area contributed by atoms with E-state index >= 15 is 0 Å². The molecule has 112 valence electrons. The Labute approximate surface area is 127 Å². The summed E-state index contributed by atoms with van der Waals surface area (Å²) in [6, 6.07) is 5.78. The zero-order chi connectivity index (χ0) is 14.8. The number of methoxy groups -OCH3 is 1. The fourth-order valence-electron chi connectivity index (χ4n) is 3.61. The summed E-state index contributed by atoms with van der Waals surface area (Å²) >= 11 is 6.16. The molecule has 1 aliphatic rings. The van der Waals surface area contributed by atoms with Crippen LogP contribution in [0.15, 0.2) is 18.2 Å². The van der Waals surface area contributed by atoms with Gasteiger partial charge in [-0.2, -0.15) is 0 Å². The predicted molar refractivity (Wildman–Crippen MR) is 85.3 cm³/mol. The van der Waals surface area contributed by atoms with Crippen LogP contribution >= 0.6 is 11.6 Å². The molecule has 1 fully saturated rings. The first kappa shape index (κ1) is 15.7. The van der Waals surface area contributed by atoms with Gasteiger partial charge in [0.2, 0.25) is 0 Å². The van der Waals surface area contributed by atoms with E-state index in [1.807, 2.05) is 18.2 Å². The standard InChI is InChI=1S/C17H26ClNO/c1-12(2)9-13-5-4-8-17(19,11-13)15-10-14(18)6-7-16(15)20-3/h6-7,10,12-13H,4-5,8-9,11,19H2,1-3H3. The Balaban J connectivity index is 2.27. The summed E-state index contributed by atoms with van der Waals surface area (Å²) in [7, 11) is 1.70. The first-order valence-electron chi connectivity index (χ1n) is 7.57. The lowest BCUT2D eigenvalue weighted by Gasteiger charge is -2.39. The van der Waals surface area contributed by atoms with Crippen LogP contribution in [0.4, 0.5) is 0 Å². The first-order chi connectivity index (χ1) is 9.44. The lowest BCUT2D eigenvalue weighted by atomic mass is 9.70. The molecular weight excluding hydrogens is 270 g/mol. The number of ether oxygens (including phenoxy) is 1. The second kappa shape index (κ2) is 6.36. The highest BCUT2D eigenvalue weighted by molar-refractivity contribution is 6.30. The van der Waals surface area contributed by atoms with Crippen molar-refractivity contribution in [3.63, 3.8) is 0 Å². The van der Waals surface area contributed by atoms with Gasteiger partial charge in [0.25, 0.3) is 0 Å². The van der Waals surface area contributed by atoms with Gasteiger partial charge in [-0.15, -0.1) is 0 Å². The average molecular weight is 296 g/mol. The number of nitrogens with two attached hydrogens (primary N) is 1. The molecule has 0 radical (unpaired) electrons. The number of hydrogen-bond donors (Lipinski definition) is 1. The molecule has 3 heteroatoms. The number of halogens is 1. The second-order valence-corrected chi connectivity index (χ2v) is 7.03. The molecule has 1 aromatic rings. The average Bonchev–Trinajstić information content (AvgIpc) is 2.38. The summed E-state index contributed by atoms with van der Waals surface area (Å²) < 4.78 is 5.50. The van der Waals surface area contributed by atoms with Crippen molar-refractivity contribution in [2.45, 2.75) is 51.5 Å². The van der Waals surface area contributed by atoms with Crippen molar-refractivity contribution in [1.82, 2.24) is 0 Å². The van der Waals surface area contributed by atoms with Crippen LogP contribution in [-0.4, -0.2) is 7.11 Å². The molecule has 0 bridgehead atoms. The van der Waals surface area contributed by atoms with E-state index in [-0.39, 0.29) is 5.54 Å². The van der Waals surface area contributed by atoms with Crippen LogP contribution in [0.2, 0.25) is 5.02 Å². The van der Waals surface area contributed by atoms with E-state index in [1.165, 1.54) is 19.3 Å². The molecule has 1 aromatic carbocycles. The zero-order valence-electron chi connectivity index (χ0n) is 12.8. The van der Waals surface area contributed by atoms with Crippen molar-refractivity contribution in [3.8, 4) is 5.75 Å². The fourth-order valence-corrected chi connectivity index (χ4v) is 3.78. The summed E-state index contributed by atoms with van der Waals surface area (Å²) in [5, 5.41) is 0.733. The fraction of sp³-hybridized carbons (Fsp3) is 0.647. The summed E-state index contributed by atoms with van der Waals surface area (Å²) in [5.74, 6) is 2.29. The van der Waals surface area contributed by atoms with Crippen molar-refractivity contribution in [2.75, 3.05) is 7.11 Å². The van der Waals surface area contributed by atoms with Crippen LogP contribution < -0.4 is 10.5 Å². The van der Waals surface area contributed by atoms with E-state index in [2.05, 4.69) is 13.8 Å². The van der Waals surface area contributed by atoms with Crippen molar-refractivity contribution < 1.29 is 4.74 Å². The van der Waals surface area contributed by atoms with Gasteiger partial charge < -0.3 is 10.5 Å². The van der Waals surface area contributed by atoms with Crippen LogP contribution in [0, 0.1) is 11.8 Å². The quantitative estimate of drug-likeness (QED) is 0.871. The van der Waals surface area contributed by atoms with Gasteiger partial charge in [0.1, 0.15) is 5.75 Å². The van der Waals surface area contributed by atoms with Crippen LogP contribution in [0.3, 0.4) is 0 Å². The topological polar surface area (TPSA) is 35.2 Å². The number of rotatable bonds is 4. The van der Waals surface area contributed by atoms with Gasteiger partial charge in [-0.25, -0.2) is 0 Å². The molecule has 2 unspecified atom stereocenters. The van der Waals surface area contributed by atoms with E-state index in [0.29, 0.717) is 5.92 Å². The highest BCUT2D eigenvalue weighted by atomic mass is 35.5. The van der Waals surface area contributed by atoms with Gasteiger partial charge in [0, 0.05) is 16.1 Å². The largest absolute Gasteiger partial charge is 0.496 e. The van der Waals surface area contributed by atoms with E-state index in [0.717, 1.165) is 35.1 Å². The molecule has 0 saturated heterocycles. The van der Waals surface area contributed by atoms with Crippen LogP contribution in [0.25, 0.3) is 0 Å². The molecule has 1 aliphatic carbocycles. The lowest BCUT2D eigenvalue weighted by molar-refractivity contribution is 0.198. The Hall–Kier alpha value is -0.730.